The number of carbonyl (C=O) groups excluding carboxylic acids is 1. The summed E-state index contributed by atoms with van der Waals surface area (Å²) in [5.74, 6) is 0.749. The minimum absolute atomic E-state index is 0.0504. The molecular formula is C21H22F3NO4. The molecule has 1 amide bonds. The van der Waals surface area contributed by atoms with Gasteiger partial charge in [0.05, 0.1) is 32.2 Å². The first-order valence-corrected chi connectivity index (χ1v) is 9.17. The molecule has 0 spiro atoms. The van der Waals surface area contributed by atoms with E-state index in [-0.39, 0.29) is 24.7 Å². The van der Waals surface area contributed by atoms with Crippen LogP contribution in [0, 0.1) is 0 Å². The molecule has 0 saturated carbocycles. The summed E-state index contributed by atoms with van der Waals surface area (Å²) >= 11 is 0. The number of amides is 1. The highest BCUT2D eigenvalue weighted by Crippen LogP contribution is 2.31. The Morgan fingerprint density at radius 1 is 1.17 bits per heavy atom. The summed E-state index contributed by atoms with van der Waals surface area (Å²) in [4.78, 5) is 14.3. The maximum Gasteiger partial charge on any atom is 0.416 e. The molecule has 1 heterocycles. The van der Waals surface area contributed by atoms with Crippen LogP contribution < -0.4 is 9.47 Å². The van der Waals surface area contributed by atoms with Crippen LogP contribution in [0.4, 0.5) is 13.2 Å². The molecule has 5 nitrogen and oxygen atoms in total. The standard InChI is InChI=1S/C21H22F3NO4/c1-27-17-6-2-4-15(10-17)11-20(26)25-8-9-28-19(13-25)14-29-18-7-3-5-16(12-18)21(22,23)24/h2-7,10,12,19H,8-9,11,13-14H2,1H3. The van der Waals surface area contributed by atoms with E-state index in [1.807, 2.05) is 24.3 Å². The van der Waals surface area contributed by atoms with Crippen LogP contribution in [0.5, 0.6) is 11.5 Å². The largest absolute Gasteiger partial charge is 0.497 e. The van der Waals surface area contributed by atoms with Crippen molar-refractivity contribution in [2.24, 2.45) is 0 Å². The molecule has 1 aliphatic heterocycles. The average molecular weight is 409 g/mol. The van der Waals surface area contributed by atoms with Crippen LogP contribution in [0.2, 0.25) is 0 Å². The van der Waals surface area contributed by atoms with E-state index in [0.717, 1.165) is 17.7 Å². The number of rotatable bonds is 6. The lowest BCUT2D eigenvalue weighted by atomic mass is 10.1. The number of hydrogen-bond donors (Lipinski definition) is 0. The first kappa shape index (κ1) is 21.0. The van der Waals surface area contributed by atoms with E-state index in [9.17, 15) is 18.0 Å². The molecule has 1 fully saturated rings. The number of alkyl halides is 3. The summed E-state index contributed by atoms with van der Waals surface area (Å²) in [6, 6.07) is 12.0. The maximum atomic E-state index is 12.8. The molecule has 0 N–H and O–H groups in total. The fourth-order valence-electron chi connectivity index (χ4n) is 3.07. The number of nitrogens with zero attached hydrogens (tertiary/aromatic N) is 1. The Morgan fingerprint density at radius 2 is 1.93 bits per heavy atom. The fraction of sp³-hybridized carbons (Fsp3) is 0.381. The summed E-state index contributed by atoms with van der Waals surface area (Å²) < 4.78 is 54.6. The zero-order valence-electron chi connectivity index (χ0n) is 15.9. The molecule has 1 aliphatic rings. The summed E-state index contributed by atoms with van der Waals surface area (Å²) in [5.41, 5.74) is 0.0762. The molecule has 3 rings (SSSR count). The molecule has 1 unspecified atom stereocenters. The molecule has 8 heteroatoms. The fourth-order valence-corrected chi connectivity index (χ4v) is 3.07. The lowest BCUT2D eigenvalue weighted by Crippen LogP contribution is -2.48. The predicted molar refractivity (Wildman–Crippen MR) is 100.0 cm³/mol. The number of hydrogen-bond acceptors (Lipinski definition) is 4. The Labute approximate surface area is 167 Å². The van der Waals surface area contributed by atoms with Crippen LogP contribution in [0.3, 0.4) is 0 Å². The molecule has 2 aromatic carbocycles. The number of carbonyl (C=O) groups is 1. The Morgan fingerprint density at radius 3 is 2.69 bits per heavy atom. The van der Waals surface area contributed by atoms with Crippen molar-refractivity contribution in [3.63, 3.8) is 0 Å². The predicted octanol–water partition coefficient (Wildman–Crippen LogP) is 3.56. The highest BCUT2D eigenvalue weighted by Gasteiger charge is 2.31. The lowest BCUT2D eigenvalue weighted by Gasteiger charge is -2.33. The van der Waals surface area contributed by atoms with Crippen molar-refractivity contribution < 1.29 is 32.2 Å². The van der Waals surface area contributed by atoms with Gasteiger partial charge in [0, 0.05) is 6.54 Å². The highest BCUT2D eigenvalue weighted by molar-refractivity contribution is 5.79. The van der Waals surface area contributed by atoms with Crippen LogP contribution in [0.15, 0.2) is 48.5 Å². The van der Waals surface area contributed by atoms with Gasteiger partial charge in [-0.2, -0.15) is 13.2 Å². The minimum atomic E-state index is -4.43. The van der Waals surface area contributed by atoms with E-state index in [1.165, 1.54) is 12.1 Å². The number of benzene rings is 2. The number of halogens is 3. The van der Waals surface area contributed by atoms with E-state index in [4.69, 9.17) is 14.2 Å². The SMILES string of the molecule is COc1cccc(CC(=O)N2CCOC(COc3cccc(C(F)(F)F)c3)C2)c1. The van der Waals surface area contributed by atoms with E-state index in [0.29, 0.717) is 25.4 Å². The van der Waals surface area contributed by atoms with Gasteiger partial charge in [-0.05, 0) is 35.9 Å². The van der Waals surface area contributed by atoms with E-state index in [1.54, 1.807) is 12.0 Å². The number of ether oxygens (including phenoxy) is 3. The van der Waals surface area contributed by atoms with Gasteiger partial charge in [0.25, 0.3) is 0 Å². The zero-order chi connectivity index (χ0) is 20.9. The Bertz CT molecular complexity index is 841. The summed E-state index contributed by atoms with van der Waals surface area (Å²) in [6.07, 6.45) is -4.60. The third kappa shape index (κ3) is 5.87. The summed E-state index contributed by atoms with van der Waals surface area (Å²) in [5, 5.41) is 0. The van der Waals surface area contributed by atoms with Crippen molar-refractivity contribution in [3.8, 4) is 11.5 Å². The molecule has 156 valence electrons. The Hall–Kier alpha value is -2.74. The second kappa shape index (κ2) is 9.17. The quantitative estimate of drug-likeness (QED) is 0.732. The molecule has 0 radical (unpaired) electrons. The van der Waals surface area contributed by atoms with Gasteiger partial charge in [0.2, 0.25) is 5.91 Å². The first-order valence-electron chi connectivity index (χ1n) is 9.17. The van der Waals surface area contributed by atoms with E-state index >= 15 is 0 Å². The molecule has 2 aromatic rings. The van der Waals surface area contributed by atoms with Gasteiger partial charge in [-0.3, -0.25) is 4.79 Å². The van der Waals surface area contributed by atoms with Crippen LogP contribution in [0.1, 0.15) is 11.1 Å². The van der Waals surface area contributed by atoms with Crippen LogP contribution in [-0.4, -0.2) is 50.3 Å². The van der Waals surface area contributed by atoms with Gasteiger partial charge in [-0.15, -0.1) is 0 Å². The third-order valence-corrected chi connectivity index (χ3v) is 4.58. The van der Waals surface area contributed by atoms with Crippen molar-refractivity contribution in [3.05, 3.63) is 59.7 Å². The molecular weight excluding hydrogens is 387 g/mol. The maximum absolute atomic E-state index is 12.8. The summed E-state index contributed by atoms with van der Waals surface area (Å²) in [6.45, 7) is 1.19. The van der Waals surface area contributed by atoms with Crippen molar-refractivity contribution in [2.75, 3.05) is 33.4 Å². The van der Waals surface area contributed by atoms with Crippen molar-refractivity contribution in [1.82, 2.24) is 4.90 Å². The second-order valence-electron chi connectivity index (χ2n) is 6.70. The molecule has 29 heavy (non-hydrogen) atoms. The van der Waals surface area contributed by atoms with Crippen LogP contribution >= 0.6 is 0 Å². The average Bonchev–Trinajstić information content (AvgIpc) is 2.72. The minimum Gasteiger partial charge on any atom is -0.497 e. The molecule has 1 atom stereocenters. The number of morpholine rings is 1. The van der Waals surface area contributed by atoms with Crippen LogP contribution in [-0.2, 0) is 22.1 Å². The van der Waals surface area contributed by atoms with Gasteiger partial charge in [0.15, 0.2) is 0 Å². The second-order valence-corrected chi connectivity index (χ2v) is 6.70. The summed E-state index contributed by atoms with van der Waals surface area (Å²) in [7, 11) is 1.57. The van der Waals surface area contributed by atoms with Gasteiger partial charge in [-0.1, -0.05) is 18.2 Å². The van der Waals surface area contributed by atoms with Gasteiger partial charge in [-0.25, -0.2) is 0 Å². The van der Waals surface area contributed by atoms with Crippen LogP contribution in [0.25, 0.3) is 0 Å². The molecule has 0 aromatic heterocycles. The van der Waals surface area contributed by atoms with Gasteiger partial charge >= 0.3 is 6.18 Å². The van der Waals surface area contributed by atoms with Crippen molar-refractivity contribution in [1.29, 1.82) is 0 Å². The van der Waals surface area contributed by atoms with Gasteiger partial charge in [0.1, 0.15) is 24.2 Å². The highest BCUT2D eigenvalue weighted by atomic mass is 19.4. The normalized spacial score (nSPS) is 17.1. The number of methoxy groups -OCH3 is 1. The monoisotopic (exact) mass is 409 g/mol. The van der Waals surface area contributed by atoms with Crippen molar-refractivity contribution >= 4 is 5.91 Å². The Balaban J connectivity index is 1.54. The first-order chi connectivity index (χ1) is 13.8. The molecule has 1 saturated heterocycles. The molecule has 0 aliphatic carbocycles. The zero-order valence-corrected chi connectivity index (χ0v) is 15.9. The van der Waals surface area contributed by atoms with Crippen molar-refractivity contribution in [2.45, 2.75) is 18.7 Å². The lowest BCUT2D eigenvalue weighted by molar-refractivity contribution is -0.139. The Kier molecular flexibility index (Phi) is 6.64. The molecule has 0 bridgehead atoms. The van der Waals surface area contributed by atoms with Gasteiger partial charge < -0.3 is 19.1 Å². The van der Waals surface area contributed by atoms with E-state index in [2.05, 4.69) is 0 Å². The smallest absolute Gasteiger partial charge is 0.416 e. The van der Waals surface area contributed by atoms with E-state index < -0.39 is 17.8 Å². The topological polar surface area (TPSA) is 48.0 Å². The third-order valence-electron chi connectivity index (χ3n) is 4.58.